The fraction of sp³-hybridized carbons (Fsp3) is 0.250. The van der Waals surface area contributed by atoms with Gasteiger partial charge in [0.2, 0.25) is 0 Å². The van der Waals surface area contributed by atoms with Crippen LogP contribution in [0.15, 0.2) is 36.5 Å². The number of hydrogen-bond donors (Lipinski definition) is 1. The molecule has 0 atom stereocenters. The van der Waals surface area contributed by atoms with Gasteiger partial charge in [-0.15, -0.1) is 11.3 Å². The first-order valence-electron chi connectivity index (χ1n) is 7.26. The van der Waals surface area contributed by atoms with Crippen molar-refractivity contribution in [2.24, 2.45) is 0 Å². The number of hydrogen-bond acceptors (Lipinski definition) is 3. The molecule has 5 nitrogen and oxygen atoms in total. The summed E-state index contributed by atoms with van der Waals surface area (Å²) >= 11 is 1.69. The van der Waals surface area contributed by atoms with E-state index in [1.54, 1.807) is 11.3 Å². The predicted octanol–water partition coefficient (Wildman–Crippen LogP) is 2.90. The SMILES string of the molecule is Cc1ccc(-c2cc(C(=O)N3CCn4cccc4C3)n[nH]2)s1. The third kappa shape index (κ3) is 2.25. The molecule has 3 aromatic heterocycles. The standard InChI is InChI=1S/C16H16N4OS/c1-11-4-5-15(22-11)13-9-14(18-17-13)16(21)20-8-7-19-6-2-3-12(19)10-20/h2-6,9H,7-8,10H2,1H3,(H,17,18). The van der Waals surface area contributed by atoms with Gasteiger partial charge in [-0.25, -0.2) is 0 Å². The third-order valence-electron chi connectivity index (χ3n) is 3.98. The Balaban J connectivity index is 1.55. The highest BCUT2D eigenvalue weighted by molar-refractivity contribution is 7.15. The second kappa shape index (κ2) is 5.14. The topological polar surface area (TPSA) is 53.9 Å². The van der Waals surface area contributed by atoms with Gasteiger partial charge in [0, 0.05) is 29.9 Å². The van der Waals surface area contributed by atoms with Crippen LogP contribution in [0.3, 0.4) is 0 Å². The number of nitrogens with one attached hydrogen (secondary N) is 1. The Hall–Kier alpha value is -2.34. The number of rotatable bonds is 2. The average molecular weight is 312 g/mol. The Morgan fingerprint density at radius 1 is 1.32 bits per heavy atom. The van der Waals surface area contributed by atoms with Crippen molar-refractivity contribution < 1.29 is 4.79 Å². The van der Waals surface area contributed by atoms with Gasteiger partial charge in [0.25, 0.3) is 5.91 Å². The highest BCUT2D eigenvalue weighted by Gasteiger charge is 2.23. The summed E-state index contributed by atoms with van der Waals surface area (Å²) in [5.41, 5.74) is 2.56. The molecule has 3 aromatic rings. The van der Waals surface area contributed by atoms with Crippen LogP contribution in [-0.4, -0.2) is 32.1 Å². The molecule has 0 fully saturated rings. The second-order valence-corrected chi connectivity index (χ2v) is 6.78. The van der Waals surface area contributed by atoms with E-state index in [9.17, 15) is 4.79 Å². The maximum atomic E-state index is 12.6. The molecule has 0 unspecified atom stereocenters. The smallest absolute Gasteiger partial charge is 0.274 e. The molecule has 0 aromatic carbocycles. The second-order valence-electron chi connectivity index (χ2n) is 5.50. The quantitative estimate of drug-likeness (QED) is 0.791. The highest BCUT2D eigenvalue weighted by atomic mass is 32.1. The molecule has 0 spiro atoms. The van der Waals surface area contributed by atoms with Gasteiger partial charge >= 0.3 is 0 Å². The number of aryl methyl sites for hydroxylation is 1. The van der Waals surface area contributed by atoms with Crippen molar-refractivity contribution >= 4 is 17.2 Å². The van der Waals surface area contributed by atoms with Gasteiger partial charge < -0.3 is 9.47 Å². The highest BCUT2D eigenvalue weighted by Crippen LogP contribution is 2.27. The Morgan fingerprint density at radius 2 is 2.23 bits per heavy atom. The minimum Gasteiger partial charge on any atom is -0.348 e. The zero-order valence-electron chi connectivity index (χ0n) is 12.2. The maximum absolute atomic E-state index is 12.6. The Labute approximate surface area is 132 Å². The number of H-pyrrole nitrogens is 1. The van der Waals surface area contributed by atoms with Crippen LogP contribution in [0.4, 0.5) is 0 Å². The van der Waals surface area contributed by atoms with Crippen LogP contribution in [0.1, 0.15) is 21.1 Å². The first kappa shape index (κ1) is 13.3. The van der Waals surface area contributed by atoms with Crippen LogP contribution in [0.2, 0.25) is 0 Å². The lowest BCUT2D eigenvalue weighted by molar-refractivity contribution is 0.0705. The van der Waals surface area contributed by atoms with E-state index < -0.39 is 0 Å². The average Bonchev–Trinajstić information content (AvgIpc) is 3.25. The summed E-state index contributed by atoms with van der Waals surface area (Å²) in [6.45, 7) is 4.28. The van der Waals surface area contributed by atoms with Crippen LogP contribution < -0.4 is 0 Å². The molecule has 0 radical (unpaired) electrons. The molecular formula is C16H16N4OS. The maximum Gasteiger partial charge on any atom is 0.274 e. The molecule has 0 aliphatic carbocycles. The Morgan fingerprint density at radius 3 is 3.05 bits per heavy atom. The largest absolute Gasteiger partial charge is 0.348 e. The summed E-state index contributed by atoms with van der Waals surface area (Å²) in [4.78, 5) is 16.8. The first-order valence-corrected chi connectivity index (χ1v) is 8.08. The summed E-state index contributed by atoms with van der Waals surface area (Å²) in [5, 5.41) is 7.18. The minimum absolute atomic E-state index is 0.0109. The van der Waals surface area contributed by atoms with Crippen LogP contribution >= 0.6 is 11.3 Å². The summed E-state index contributed by atoms with van der Waals surface area (Å²) in [7, 11) is 0. The number of aromatic nitrogens is 3. The zero-order valence-corrected chi connectivity index (χ0v) is 13.1. The van der Waals surface area contributed by atoms with E-state index in [1.165, 1.54) is 10.6 Å². The molecule has 4 heterocycles. The van der Waals surface area contributed by atoms with Crippen LogP contribution in [0.5, 0.6) is 0 Å². The summed E-state index contributed by atoms with van der Waals surface area (Å²) in [5.74, 6) is -0.0109. The molecule has 1 aliphatic rings. The van der Waals surface area contributed by atoms with E-state index in [0.29, 0.717) is 12.2 Å². The summed E-state index contributed by atoms with van der Waals surface area (Å²) < 4.78 is 2.19. The number of amides is 1. The van der Waals surface area contributed by atoms with Gasteiger partial charge in [-0.3, -0.25) is 9.89 Å². The summed E-state index contributed by atoms with van der Waals surface area (Å²) in [6.07, 6.45) is 2.06. The molecule has 22 heavy (non-hydrogen) atoms. The fourth-order valence-electron chi connectivity index (χ4n) is 2.79. The molecule has 112 valence electrons. The third-order valence-corrected chi connectivity index (χ3v) is 5.01. The molecular weight excluding hydrogens is 296 g/mol. The number of fused-ring (bicyclic) bond motifs is 1. The number of thiophene rings is 1. The molecule has 1 amide bonds. The molecule has 1 N–H and O–H groups in total. The van der Waals surface area contributed by atoms with Gasteiger partial charge in [-0.2, -0.15) is 5.10 Å². The van der Waals surface area contributed by atoms with E-state index in [2.05, 4.69) is 46.1 Å². The molecule has 1 aliphatic heterocycles. The number of aromatic amines is 1. The van der Waals surface area contributed by atoms with E-state index in [4.69, 9.17) is 0 Å². The lowest BCUT2D eigenvalue weighted by atomic mass is 10.2. The minimum atomic E-state index is -0.0109. The predicted molar refractivity (Wildman–Crippen MR) is 85.8 cm³/mol. The van der Waals surface area contributed by atoms with Crippen LogP contribution in [-0.2, 0) is 13.1 Å². The first-order chi connectivity index (χ1) is 10.7. The fourth-order valence-corrected chi connectivity index (χ4v) is 3.62. The lowest BCUT2D eigenvalue weighted by Gasteiger charge is -2.28. The number of carbonyl (C=O) groups excluding carboxylic acids is 1. The monoisotopic (exact) mass is 312 g/mol. The zero-order chi connectivity index (χ0) is 15.1. The lowest BCUT2D eigenvalue weighted by Crippen LogP contribution is -2.38. The van der Waals surface area contributed by atoms with Crippen LogP contribution in [0, 0.1) is 6.92 Å². The van der Waals surface area contributed by atoms with Crippen molar-refractivity contribution in [3.8, 4) is 10.6 Å². The van der Waals surface area contributed by atoms with E-state index >= 15 is 0 Å². The van der Waals surface area contributed by atoms with Crippen LogP contribution in [0.25, 0.3) is 10.6 Å². The van der Waals surface area contributed by atoms with Gasteiger partial charge in [0.1, 0.15) is 0 Å². The van der Waals surface area contributed by atoms with Crippen molar-refractivity contribution in [2.45, 2.75) is 20.0 Å². The van der Waals surface area contributed by atoms with Gasteiger partial charge in [0.05, 0.1) is 17.1 Å². The van der Waals surface area contributed by atoms with E-state index in [0.717, 1.165) is 23.7 Å². The molecule has 6 heteroatoms. The summed E-state index contributed by atoms with van der Waals surface area (Å²) in [6, 6.07) is 10.1. The van der Waals surface area contributed by atoms with Gasteiger partial charge in [-0.05, 0) is 37.3 Å². The van der Waals surface area contributed by atoms with Crippen molar-refractivity contribution in [1.82, 2.24) is 19.7 Å². The van der Waals surface area contributed by atoms with Crippen molar-refractivity contribution in [3.63, 3.8) is 0 Å². The van der Waals surface area contributed by atoms with Crippen molar-refractivity contribution in [3.05, 3.63) is 52.8 Å². The van der Waals surface area contributed by atoms with Crippen molar-refractivity contribution in [2.75, 3.05) is 6.54 Å². The number of nitrogens with zero attached hydrogens (tertiary/aromatic N) is 3. The molecule has 0 bridgehead atoms. The molecule has 4 rings (SSSR count). The molecule has 0 saturated heterocycles. The van der Waals surface area contributed by atoms with E-state index in [1.807, 2.05) is 17.0 Å². The Kier molecular flexibility index (Phi) is 3.11. The number of carbonyl (C=O) groups is 1. The van der Waals surface area contributed by atoms with Crippen molar-refractivity contribution in [1.29, 1.82) is 0 Å². The van der Waals surface area contributed by atoms with Gasteiger partial charge in [0.15, 0.2) is 5.69 Å². The normalized spacial score (nSPS) is 14.1. The molecule has 0 saturated carbocycles. The van der Waals surface area contributed by atoms with E-state index in [-0.39, 0.29) is 5.91 Å². The Bertz CT molecular complexity index is 829. The van der Waals surface area contributed by atoms with Gasteiger partial charge in [-0.1, -0.05) is 0 Å².